The van der Waals surface area contributed by atoms with Gasteiger partial charge in [0.2, 0.25) is 0 Å². The molecule has 2 aromatic rings. The molecule has 2 heterocycles. The van der Waals surface area contributed by atoms with Crippen LogP contribution in [0.15, 0.2) is 42.5 Å². The molecule has 0 unspecified atom stereocenters. The number of carbonyl (C=O) groups is 1. The van der Waals surface area contributed by atoms with Gasteiger partial charge in [0, 0.05) is 38.5 Å². The van der Waals surface area contributed by atoms with Crippen molar-refractivity contribution >= 4 is 5.78 Å². The second-order valence-corrected chi connectivity index (χ2v) is 6.97. The predicted molar refractivity (Wildman–Crippen MR) is 91.3 cm³/mol. The van der Waals surface area contributed by atoms with E-state index < -0.39 is 5.60 Å². The summed E-state index contributed by atoms with van der Waals surface area (Å²) in [6.07, 6.45) is 1.90. The zero-order valence-electron chi connectivity index (χ0n) is 13.9. The lowest BCUT2D eigenvalue weighted by Crippen LogP contribution is -2.50. The summed E-state index contributed by atoms with van der Waals surface area (Å²) in [6, 6.07) is 11.2. The molecule has 0 aromatic heterocycles. The third-order valence-electron chi connectivity index (χ3n) is 5.16. The van der Waals surface area contributed by atoms with Crippen molar-refractivity contribution in [2.45, 2.75) is 31.4 Å². The zero-order valence-corrected chi connectivity index (χ0v) is 13.9. The quantitative estimate of drug-likeness (QED) is 0.908. The summed E-state index contributed by atoms with van der Waals surface area (Å²) in [4.78, 5) is 14.8. The van der Waals surface area contributed by atoms with Crippen LogP contribution in [0.1, 0.15) is 35.2 Å². The van der Waals surface area contributed by atoms with E-state index in [2.05, 4.69) is 4.90 Å². The highest BCUT2D eigenvalue weighted by atomic mass is 19.1. The van der Waals surface area contributed by atoms with Crippen LogP contribution in [-0.4, -0.2) is 34.5 Å². The maximum absolute atomic E-state index is 13.0. The average molecular weight is 341 g/mol. The Morgan fingerprint density at radius 1 is 1.12 bits per heavy atom. The summed E-state index contributed by atoms with van der Waals surface area (Å²) in [7, 11) is 0. The lowest BCUT2D eigenvalue weighted by atomic mass is 9.82. The highest BCUT2D eigenvalue weighted by molar-refractivity contribution is 6.00. The SMILES string of the molecule is O=C1CC2(CCN(Cc3ccc(F)cc3)CC2)Oc2cc(O)ccc21. The van der Waals surface area contributed by atoms with E-state index in [1.165, 1.54) is 24.3 Å². The number of phenolic OH excluding ortho intramolecular Hbond substituents is 1. The Hall–Kier alpha value is -2.40. The molecule has 4 nitrogen and oxygen atoms in total. The Balaban J connectivity index is 1.44. The standard InChI is InChI=1S/C20H20FNO3/c21-15-3-1-14(2-4-15)13-22-9-7-20(8-10-22)12-18(24)17-6-5-16(23)11-19(17)25-20/h1-6,11,23H,7-10,12-13H2. The molecule has 1 fully saturated rings. The Bertz CT molecular complexity index is 795. The normalized spacial score (nSPS) is 19.5. The zero-order chi connectivity index (χ0) is 17.4. The number of aromatic hydroxyl groups is 1. The molecule has 1 N–H and O–H groups in total. The van der Waals surface area contributed by atoms with Crippen LogP contribution in [0.4, 0.5) is 4.39 Å². The first-order valence-electron chi connectivity index (χ1n) is 8.55. The van der Waals surface area contributed by atoms with Gasteiger partial charge < -0.3 is 9.84 Å². The Labute approximate surface area is 145 Å². The molecule has 0 radical (unpaired) electrons. The van der Waals surface area contributed by atoms with Crippen molar-refractivity contribution in [1.82, 2.24) is 4.90 Å². The fourth-order valence-electron chi connectivity index (χ4n) is 3.73. The van der Waals surface area contributed by atoms with E-state index in [0.29, 0.717) is 17.7 Å². The third-order valence-corrected chi connectivity index (χ3v) is 5.16. The highest BCUT2D eigenvalue weighted by Crippen LogP contribution is 2.40. The van der Waals surface area contributed by atoms with Crippen LogP contribution in [0, 0.1) is 5.82 Å². The molecule has 0 aliphatic carbocycles. The molecule has 2 aliphatic heterocycles. The molecular formula is C20H20FNO3. The maximum atomic E-state index is 13.0. The van der Waals surface area contributed by atoms with E-state index >= 15 is 0 Å². The minimum Gasteiger partial charge on any atom is -0.508 e. The topological polar surface area (TPSA) is 49.8 Å². The van der Waals surface area contributed by atoms with Crippen molar-refractivity contribution in [3.05, 3.63) is 59.4 Å². The Morgan fingerprint density at radius 2 is 1.84 bits per heavy atom. The maximum Gasteiger partial charge on any atom is 0.170 e. The number of hydrogen-bond donors (Lipinski definition) is 1. The smallest absolute Gasteiger partial charge is 0.170 e. The molecule has 25 heavy (non-hydrogen) atoms. The van der Waals surface area contributed by atoms with Crippen molar-refractivity contribution in [3.8, 4) is 11.5 Å². The second kappa shape index (κ2) is 6.15. The van der Waals surface area contributed by atoms with Gasteiger partial charge in [-0.3, -0.25) is 9.69 Å². The van der Waals surface area contributed by atoms with Crippen molar-refractivity contribution in [2.24, 2.45) is 0 Å². The first-order valence-corrected chi connectivity index (χ1v) is 8.55. The number of rotatable bonds is 2. The molecule has 1 saturated heterocycles. The minimum absolute atomic E-state index is 0.0771. The van der Waals surface area contributed by atoms with Crippen LogP contribution in [-0.2, 0) is 6.54 Å². The van der Waals surface area contributed by atoms with E-state index in [4.69, 9.17) is 4.74 Å². The van der Waals surface area contributed by atoms with Gasteiger partial charge >= 0.3 is 0 Å². The lowest BCUT2D eigenvalue weighted by molar-refractivity contribution is -0.0108. The summed E-state index contributed by atoms with van der Waals surface area (Å²) in [6.45, 7) is 2.40. The fourth-order valence-corrected chi connectivity index (χ4v) is 3.73. The van der Waals surface area contributed by atoms with Gasteiger partial charge in [0.15, 0.2) is 5.78 Å². The van der Waals surface area contributed by atoms with Gasteiger partial charge in [0.25, 0.3) is 0 Å². The number of nitrogens with zero attached hydrogens (tertiary/aromatic N) is 1. The first-order chi connectivity index (χ1) is 12.0. The molecule has 1 spiro atoms. The van der Waals surface area contributed by atoms with E-state index in [-0.39, 0.29) is 17.3 Å². The van der Waals surface area contributed by atoms with Gasteiger partial charge in [-0.1, -0.05) is 12.1 Å². The van der Waals surface area contributed by atoms with Gasteiger partial charge in [-0.2, -0.15) is 0 Å². The van der Waals surface area contributed by atoms with E-state index in [9.17, 15) is 14.3 Å². The minimum atomic E-state index is -0.475. The van der Waals surface area contributed by atoms with Crippen LogP contribution in [0.3, 0.4) is 0 Å². The fraction of sp³-hybridized carbons (Fsp3) is 0.350. The molecule has 0 saturated carbocycles. The number of ether oxygens (including phenoxy) is 1. The summed E-state index contributed by atoms with van der Waals surface area (Å²) in [5.74, 6) is 0.450. The molecule has 130 valence electrons. The van der Waals surface area contributed by atoms with Crippen LogP contribution < -0.4 is 4.74 Å². The van der Waals surface area contributed by atoms with Gasteiger partial charge in [0.1, 0.15) is 22.9 Å². The molecule has 2 aliphatic rings. The van der Waals surface area contributed by atoms with Gasteiger partial charge in [-0.25, -0.2) is 4.39 Å². The molecule has 0 bridgehead atoms. The number of Topliss-reactive ketones (excluding diaryl/α,β-unsaturated/α-hetero) is 1. The van der Waals surface area contributed by atoms with Gasteiger partial charge in [-0.05, 0) is 29.8 Å². The molecule has 4 rings (SSSR count). The molecular weight excluding hydrogens is 321 g/mol. The van der Waals surface area contributed by atoms with Crippen LogP contribution in [0.25, 0.3) is 0 Å². The number of phenols is 1. The number of benzene rings is 2. The molecule has 0 atom stereocenters. The molecule has 0 amide bonds. The van der Waals surface area contributed by atoms with E-state index in [0.717, 1.165) is 38.0 Å². The number of hydrogen-bond acceptors (Lipinski definition) is 4. The van der Waals surface area contributed by atoms with Crippen molar-refractivity contribution in [1.29, 1.82) is 0 Å². The third kappa shape index (κ3) is 3.24. The first kappa shape index (κ1) is 16.1. The average Bonchev–Trinajstić information content (AvgIpc) is 2.59. The van der Waals surface area contributed by atoms with Crippen LogP contribution >= 0.6 is 0 Å². The predicted octanol–water partition coefficient (Wildman–Crippen LogP) is 3.53. The number of likely N-dealkylation sites (tertiary alicyclic amines) is 1. The number of halogens is 1. The van der Waals surface area contributed by atoms with Crippen molar-refractivity contribution < 1.29 is 19.0 Å². The highest BCUT2D eigenvalue weighted by Gasteiger charge is 2.42. The molecule has 5 heteroatoms. The Morgan fingerprint density at radius 3 is 2.56 bits per heavy atom. The van der Waals surface area contributed by atoms with Crippen molar-refractivity contribution in [3.63, 3.8) is 0 Å². The Kier molecular flexibility index (Phi) is 3.96. The second-order valence-electron chi connectivity index (χ2n) is 6.97. The summed E-state index contributed by atoms with van der Waals surface area (Å²) < 4.78 is 19.2. The number of fused-ring (bicyclic) bond motifs is 1. The number of ketones is 1. The largest absolute Gasteiger partial charge is 0.508 e. The van der Waals surface area contributed by atoms with E-state index in [1.807, 2.05) is 0 Å². The van der Waals surface area contributed by atoms with Gasteiger partial charge in [-0.15, -0.1) is 0 Å². The van der Waals surface area contributed by atoms with Crippen LogP contribution in [0.2, 0.25) is 0 Å². The summed E-state index contributed by atoms with van der Waals surface area (Å²) in [5.41, 5.74) is 1.15. The monoisotopic (exact) mass is 341 g/mol. The van der Waals surface area contributed by atoms with Crippen molar-refractivity contribution in [2.75, 3.05) is 13.1 Å². The number of carbonyl (C=O) groups excluding carboxylic acids is 1. The lowest BCUT2D eigenvalue weighted by Gasteiger charge is -2.44. The van der Waals surface area contributed by atoms with Crippen LogP contribution in [0.5, 0.6) is 11.5 Å². The summed E-state index contributed by atoms with van der Waals surface area (Å²) >= 11 is 0. The van der Waals surface area contributed by atoms with E-state index in [1.54, 1.807) is 18.2 Å². The summed E-state index contributed by atoms with van der Waals surface area (Å²) in [5, 5.41) is 9.66. The molecule has 2 aromatic carbocycles. The number of piperidine rings is 1. The van der Waals surface area contributed by atoms with Gasteiger partial charge in [0.05, 0.1) is 12.0 Å².